The molecule has 0 aliphatic rings. The molecule has 0 fully saturated rings. The molecule has 0 heterocycles. The van der Waals surface area contributed by atoms with Crippen LogP contribution in [0, 0.1) is 0 Å². The van der Waals surface area contributed by atoms with Crippen LogP contribution in [0.15, 0.2) is 78.9 Å². The highest BCUT2D eigenvalue weighted by molar-refractivity contribution is 6.10. The van der Waals surface area contributed by atoms with Crippen molar-refractivity contribution in [2.75, 3.05) is 18.6 Å². The molecule has 0 saturated carbocycles. The summed E-state index contributed by atoms with van der Waals surface area (Å²) in [5.74, 6) is 0.329. The first kappa shape index (κ1) is 22.1. The van der Waals surface area contributed by atoms with Gasteiger partial charge in [0.2, 0.25) is 0 Å². The Morgan fingerprint density at radius 1 is 0.903 bits per heavy atom. The minimum absolute atomic E-state index is 0.191. The maximum atomic E-state index is 13.0. The van der Waals surface area contributed by atoms with Gasteiger partial charge in [-0.3, -0.25) is 9.59 Å². The fraction of sp³-hybridized carbons (Fsp3) is 0.231. The van der Waals surface area contributed by atoms with Gasteiger partial charge in [-0.25, -0.2) is 0 Å². The molecule has 0 bridgehead atoms. The van der Waals surface area contributed by atoms with Gasteiger partial charge in [-0.05, 0) is 48.4 Å². The largest absolute Gasteiger partial charge is 0.494 e. The van der Waals surface area contributed by atoms with Crippen LogP contribution in [0.2, 0.25) is 0 Å². The molecule has 3 rings (SSSR count). The number of amides is 2. The molecule has 0 unspecified atom stereocenters. The van der Waals surface area contributed by atoms with E-state index in [0.29, 0.717) is 30.0 Å². The van der Waals surface area contributed by atoms with Crippen LogP contribution < -0.4 is 15.0 Å². The monoisotopic (exact) mass is 416 g/mol. The van der Waals surface area contributed by atoms with Gasteiger partial charge in [0.05, 0.1) is 17.9 Å². The number of nitrogens with zero attached hydrogens (tertiary/aromatic N) is 1. The van der Waals surface area contributed by atoms with Crippen LogP contribution in [0.25, 0.3) is 0 Å². The highest BCUT2D eigenvalue weighted by Crippen LogP contribution is 2.22. The van der Waals surface area contributed by atoms with Gasteiger partial charge in [0.25, 0.3) is 11.8 Å². The standard InChI is InChI=1S/C26H28N2O3/c1-3-4-18-31-22-16-14-21(15-17-22)26(30)28(2)24-13-9-8-12-23(24)25(29)27-19-20-10-6-5-7-11-20/h5-17H,3-4,18-19H2,1-2H3,(H,27,29). The molecule has 2 amide bonds. The highest BCUT2D eigenvalue weighted by Gasteiger charge is 2.19. The molecule has 0 aliphatic heterocycles. The maximum absolute atomic E-state index is 13.0. The number of unbranched alkanes of at least 4 members (excludes halogenated alkanes) is 1. The van der Waals surface area contributed by atoms with Crippen molar-refractivity contribution in [3.63, 3.8) is 0 Å². The first-order valence-corrected chi connectivity index (χ1v) is 10.5. The molecule has 0 aliphatic carbocycles. The van der Waals surface area contributed by atoms with Crippen LogP contribution in [-0.4, -0.2) is 25.5 Å². The fourth-order valence-electron chi connectivity index (χ4n) is 3.16. The Labute approximate surface area is 183 Å². The van der Waals surface area contributed by atoms with Gasteiger partial charge in [-0.1, -0.05) is 55.8 Å². The van der Waals surface area contributed by atoms with Crippen molar-refractivity contribution < 1.29 is 14.3 Å². The van der Waals surface area contributed by atoms with E-state index in [1.165, 1.54) is 4.90 Å². The van der Waals surface area contributed by atoms with E-state index in [4.69, 9.17) is 4.74 Å². The summed E-state index contributed by atoms with van der Waals surface area (Å²) in [6.45, 7) is 3.20. The maximum Gasteiger partial charge on any atom is 0.258 e. The molecule has 3 aromatic carbocycles. The van der Waals surface area contributed by atoms with Gasteiger partial charge in [0.15, 0.2) is 0 Å². The zero-order chi connectivity index (χ0) is 22.1. The van der Waals surface area contributed by atoms with Crippen molar-refractivity contribution in [3.8, 4) is 5.75 Å². The number of para-hydroxylation sites is 1. The summed E-state index contributed by atoms with van der Waals surface area (Å²) in [6, 6.07) is 23.9. The number of benzene rings is 3. The number of ether oxygens (including phenoxy) is 1. The van der Waals surface area contributed by atoms with Crippen LogP contribution in [-0.2, 0) is 6.54 Å². The lowest BCUT2D eigenvalue weighted by Gasteiger charge is -2.21. The Kier molecular flexibility index (Phi) is 7.82. The molecule has 31 heavy (non-hydrogen) atoms. The minimum Gasteiger partial charge on any atom is -0.494 e. The van der Waals surface area contributed by atoms with Gasteiger partial charge in [-0.15, -0.1) is 0 Å². The zero-order valence-corrected chi connectivity index (χ0v) is 18.0. The van der Waals surface area contributed by atoms with E-state index in [1.807, 2.05) is 36.4 Å². The summed E-state index contributed by atoms with van der Waals surface area (Å²) in [7, 11) is 1.68. The number of hydrogen-bond acceptors (Lipinski definition) is 3. The van der Waals surface area contributed by atoms with Crippen molar-refractivity contribution in [2.24, 2.45) is 0 Å². The molecular formula is C26H28N2O3. The molecule has 5 heteroatoms. The third kappa shape index (κ3) is 5.95. The van der Waals surface area contributed by atoms with Gasteiger partial charge in [0, 0.05) is 19.2 Å². The van der Waals surface area contributed by atoms with Crippen LogP contribution in [0.3, 0.4) is 0 Å². The molecule has 3 aromatic rings. The summed E-state index contributed by atoms with van der Waals surface area (Å²) in [6.07, 6.45) is 2.06. The molecule has 1 N–H and O–H groups in total. The number of nitrogens with one attached hydrogen (secondary N) is 1. The van der Waals surface area contributed by atoms with Crippen LogP contribution in [0.4, 0.5) is 5.69 Å². The predicted molar refractivity (Wildman–Crippen MR) is 124 cm³/mol. The first-order chi connectivity index (χ1) is 15.1. The van der Waals surface area contributed by atoms with Crippen molar-refractivity contribution in [3.05, 3.63) is 95.6 Å². The lowest BCUT2D eigenvalue weighted by molar-refractivity contribution is 0.0951. The average molecular weight is 417 g/mol. The van der Waals surface area contributed by atoms with Crippen molar-refractivity contribution in [1.29, 1.82) is 0 Å². The quantitative estimate of drug-likeness (QED) is 0.495. The van der Waals surface area contributed by atoms with Crippen LogP contribution in [0.1, 0.15) is 46.0 Å². The zero-order valence-electron chi connectivity index (χ0n) is 18.0. The SMILES string of the molecule is CCCCOc1ccc(C(=O)N(C)c2ccccc2C(=O)NCc2ccccc2)cc1. The van der Waals surface area contributed by atoms with E-state index in [1.54, 1.807) is 49.5 Å². The highest BCUT2D eigenvalue weighted by atomic mass is 16.5. The van der Waals surface area contributed by atoms with E-state index in [-0.39, 0.29) is 11.8 Å². The Morgan fingerprint density at radius 3 is 2.29 bits per heavy atom. The lowest BCUT2D eigenvalue weighted by Crippen LogP contribution is -2.30. The lowest BCUT2D eigenvalue weighted by atomic mass is 10.1. The summed E-state index contributed by atoms with van der Waals surface area (Å²) >= 11 is 0. The fourth-order valence-corrected chi connectivity index (χ4v) is 3.16. The molecule has 160 valence electrons. The number of rotatable bonds is 9. The minimum atomic E-state index is -0.223. The number of hydrogen-bond donors (Lipinski definition) is 1. The topological polar surface area (TPSA) is 58.6 Å². The van der Waals surface area contributed by atoms with E-state index in [2.05, 4.69) is 12.2 Å². The Balaban J connectivity index is 1.70. The second-order valence-electron chi connectivity index (χ2n) is 7.28. The summed E-state index contributed by atoms with van der Waals surface area (Å²) < 4.78 is 5.66. The third-order valence-electron chi connectivity index (χ3n) is 4.98. The number of carbonyl (C=O) groups excluding carboxylic acids is 2. The first-order valence-electron chi connectivity index (χ1n) is 10.5. The van der Waals surface area contributed by atoms with Gasteiger partial charge >= 0.3 is 0 Å². The van der Waals surface area contributed by atoms with Gasteiger partial charge in [-0.2, -0.15) is 0 Å². The Hall–Kier alpha value is -3.60. The van der Waals surface area contributed by atoms with E-state index >= 15 is 0 Å². The van der Waals surface area contributed by atoms with Crippen molar-refractivity contribution in [2.45, 2.75) is 26.3 Å². The van der Waals surface area contributed by atoms with E-state index < -0.39 is 0 Å². The molecule has 0 saturated heterocycles. The summed E-state index contributed by atoms with van der Waals surface area (Å²) in [5.41, 5.74) is 2.55. The van der Waals surface area contributed by atoms with E-state index in [0.717, 1.165) is 24.2 Å². The smallest absolute Gasteiger partial charge is 0.258 e. The number of anilines is 1. The molecule has 0 radical (unpaired) electrons. The Bertz CT molecular complexity index is 1000. The second-order valence-corrected chi connectivity index (χ2v) is 7.28. The molecule has 5 nitrogen and oxygen atoms in total. The van der Waals surface area contributed by atoms with Gasteiger partial charge in [0.1, 0.15) is 5.75 Å². The van der Waals surface area contributed by atoms with E-state index in [9.17, 15) is 9.59 Å². The second kappa shape index (κ2) is 11.0. The van der Waals surface area contributed by atoms with Crippen LogP contribution in [0.5, 0.6) is 5.75 Å². The normalized spacial score (nSPS) is 10.4. The average Bonchev–Trinajstić information content (AvgIpc) is 2.83. The predicted octanol–water partition coefficient (Wildman–Crippen LogP) is 5.07. The van der Waals surface area contributed by atoms with Crippen molar-refractivity contribution in [1.82, 2.24) is 5.32 Å². The molecule has 0 aromatic heterocycles. The summed E-state index contributed by atoms with van der Waals surface area (Å²) in [4.78, 5) is 27.3. The molecule has 0 spiro atoms. The van der Waals surface area contributed by atoms with Crippen molar-refractivity contribution >= 4 is 17.5 Å². The molecule has 0 atom stereocenters. The third-order valence-corrected chi connectivity index (χ3v) is 4.98. The van der Waals surface area contributed by atoms with Gasteiger partial charge < -0.3 is 15.0 Å². The Morgan fingerprint density at radius 2 is 1.58 bits per heavy atom. The molecular weight excluding hydrogens is 388 g/mol. The number of carbonyl (C=O) groups is 2. The van der Waals surface area contributed by atoms with Crippen LogP contribution >= 0.6 is 0 Å². The summed E-state index contributed by atoms with van der Waals surface area (Å²) in [5, 5.41) is 2.93.